The molecule has 0 rings (SSSR count). The van der Waals surface area contributed by atoms with E-state index in [4.69, 9.17) is 18.9 Å². The molecule has 1 amide bonds. The third-order valence-electron chi connectivity index (χ3n) is 2.40. The average Bonchev–Trinajstić information content (AvgIpc) is 2.43. The molecule has 1 N–H and O–H groups in total. The standard InChI is InChI=1S/C13H25NO6/c1-17-8-10-19-12(15)6-4-3-5-7-14-13(16)20-11-9-18-2/h3-11H2,1-2H3,(H,14,16). The summed E-state index contributed by atoms with van der Waals surface area (Å²) in [7, 11) is 3.10. The SMILES string of the molecule is COCCOC(=O)CCCCCNC(=O)OCCOC. The van der Waals surface area contributed by atoms with E-state index in [-0.39, 0.29) is 12.6 Å². The van der Waals surface area contributed by atoms with Crippen LogP contribution in [0.1, 0.15) is 25.7 Å². The van der Waals surface area contributed by atoms with Crippen LogP contribution in [0.25, 0.3) is 0 Å². The second kappa shape index (κ2) is 14.1. The van der Waals surface area contributed by atoms with Gasteiger partial charge in [-0.05, 0) is 12.8 Å². The molecule has 0 radical (unpaired) electrons. The van der Waals surface area contributed by atoms with Crippen molar-refractivity contribution < 1.29 is 28.5 Å². The van der Waals surface area contributed by atoms with Gasteiger partial charge >= 0.3 is 12.1 Å². The Hall–Kier alpha value is -1.34. The van der Waals surface area contributed by atoms with E-state index in [2.05, 4.69) is 5.32 Å². The summed E-state index contributed by atoms with van der Waals surface area (Å²) in [5.41, 5.74) is 0. The van der Waals surface area contributed by atoms with Crippen LogP contribution in [0.5, 0.6) is 0 Å². The van der Waals surface area contributed by atoms with Crippen LogP contribution in [0.2, 0.25) is 0 Å². The van der Waals surface area contributed by atoms with Crippen molar-refractivity contribution in [3.63, 3.8) is 0 Å². The number of hydrogen-bond donors (Lipinski definition) is 1. The summed E-state index contributed by atoms with van der Waals surface area (Å²) >= 11 is 0. The van der Waals surface area contributed by atoms with Crippen molar-refractivity contribution >= 4 is 12.1 Å². The van der Waals surface area contributed by atoms with Crippen molar-refractivity contribution in [2.24, 2.45) is 0 Å². The first-order chi connectivity index (χ1) is 9.70. The van der Waals surface area contributed by atoms with Crippen LogP contribution in [0, 0.1) is 0 Å². The van der Waals surface area contributed by atoms with Crippen molar-refractivity contribution in [3.8, 4) is 0 Å². The number of esters is 1. The first-order valence-corrected chi connectivity index (χ1v) is 6.74. The Morgan fingerprint density at radius 1 is 0.850 bits per heavy atom. The molecular weight excluding hydrogens is 266 g/mol. The quantitative estimate of drug-likeness (QED) is 0.428. The molecule has 0 aliphatic heterocycles. The predicted molar refractivity (Wildman–Crippen MR) is 72.5 cm³/mol. The monoisotopic (exact) mass is 291 g/mol. The van der Waals surface area contributed by atoms with Crippen LogP contribution >= 0.6 is 0 Å². The second-order valence-corrected chi connectivity index (χ2v) is 4.08. The summed E-state index contributed by atoms with van der Waals surface area (Å²) in [5.74, 6) is -0.214. The number of unbranched alkanes of at least 4 members (excludes halogenated alkanes) is 2. The summed E-state index contributed by atoms with van der Waals surface area (Å²) in [4.78, 5) is 22.4. The highest BCUT2D eigenvalue weighted by Crippen LogP contribution is 2.00. The molecule has 0 aromatic heterocycles. The lowest BCUT2D eigenvalue weighted by atomic mass is 10.2. The van der Waals surface area contributed by atoms with Crippen LogP contribution in [0.15, 0.2) is 0 Å². The zero-order chi connectivity index (χ0) is 15.1. The minimum Gasteiger partial charge on any atom is -0.463 e. The van der Waals surface area contributed by atoms with E-state index in [9.17, 15) is 9.59 Å². The summed E-state index contributed by atoms with van der Waals surface area (Å²) < 4.78 is 19.3. The van der Waals surface area contributed by atoms with Crippen molar-refractivity contribution in [1.29, 1.82) is 0 Å². The lowest BCUT2D eigenvalue weighted by Crippen LogP contribution is -2.26. The van der Waals surface area contributed by atoms with Crippen molar-refractivity contribution in [2.75, 3.05) is 47.2 Å². The lowest BCUT2D eigenvalue weighted by Gasteiger charge is -2.06. The normalized spacial score (nSPS) is 10.1. The Kier molecular flexibility index (Phi) is 13.1. The van der Waals surface area contributed by atoms with E-state index >= 15 is 0 Å². The van der Waals surface area contributed by atoms with Gasteiger partial charge in [0.2, 0.25) is 0 Å². The Morgan fingerprint density at radius 3 is 2.15 bits per heavy atom. The molecule has 20 heavy (non-hydrogen) atoms. The molecular formula is C13H25NO6. The van der Waals surface area contributed by atoms with Crippen LogP contribution in [0.3, 0.4) is 0 Å². The minimum atomic E-state index is -0.443. The summed E-state index contributed by atoms with van der Waals surface area (Å²) in [5, 5.41) is 2.62. The topological polar surface area (TPSA) is 83.1 Å². The van der Waals surface area contributed by atoms with Gasteiger partial charge in [-0.15, -0.1) is 0 Å². The number of rotatable bonds is 12. The van der Waals surface area contributed by atoms with E-state index in [0.717, 1.165) is 19.3 Å². The smallest absolute Gasteiger partial charge is 0.407 e. The molecule has 7 heteroatoms. The molecule has 0 aromatic rings. The van der Waals surface area contributed by atoms with Crippen LogP contribution < -0.4 is 5.32 Å². The van der Waals surface area contributed by atoms with Gasteiger partial charge < -0.3 is 24.3 Å². The Balaban J connectivity index is 3.27. The molecule has 118 valence electrons. The molecule has 0 atom stereocenters. The highest BCUT2D eigenvalue weighted by Gasteiger charge is 2.03. The van der Waals surface area contributed by atoms with Crippen molar-refractivity contribution in [2.45, 2.75) is 25.7 Å². The average molecular weight is 291 g/mol. The van der Waals surface area contributed by atoms with Gasteiger partial charge in [0.1, 0.15) is 13.2 Å². The molecule has 0 aromatic carbocycles. The van der Waals surface area contributed by atoms with Crippen molar-refractivity contribution in [1.82, 2.24) is 5.32 Å². The maximum atomic E-state index is 11.2. The Morgan fingerprint density at radius 2 is 1.50 bits per heavy atom. The van der Waals surface area contributed by atoms with Crippen LogP contribution in [0.4, 0.5) is 4.79 Å². The first-order valence-electron chi connectivity index (χ1n) is 6.74. The number of hydrogen-bond acceptors (Lipinski definition) is 6. The molecule has 0 fully saturated rings. The zero-order valence-electron chi connectivity index (χ0n) is 12.3. The van der Waals surface area contributed by atoms with E-state index in [0.29, 0.717) is 32.8 Å². The zero-order valence-corrected chi connectivity index (χ0v) is 12.3. The number of methoxy groups -OCH3 is 2. The fourth-order valence-electron chi connectivity index (χ4n) is 1.34. The van der Waals surface area contributed by atoms with Gasteiger partial charge in [0, 0.05) is 27.2 Å². The van der Waals surface area contributed by atoms with Gasteiger partial charge in [0.25, 0.3) is 0 Å². The number of amides is 1. The molecule has 0 saturated carbocycles. The van der Waals surface area contributed by atoms with Crippen LogP contribution in [-0.4, -0.2) is 59.3 Å². The predicted octanol–water partition coefficient (Wildman–Crippen LogP) is 1.11. The van der Waals surface area contributed by atoms with E-state index < -0.39 is 6.09 Å². The molecule has 0 heterocycles. The lowest BCUT2D eigenvalue weighted by molar-refractivity contribution is -0.145. The van der Waals surface area contributed by atoms with Gasteiger partial charge in [-0.1, -0.05) is 6.42 Å². The van der Waals surface area contributed by atoms with E-state index in [1.54, 1.807) is 14.2 Å². The number of alkyl carbamates (subject to hydrolysis) is 1. The van der Waals surface area contributed by atoms with E-state index in [1.807, 2.05) is 0 Å². The van der Waals surface area contributed by atoms with Crippen molar-refractivity contribution in [3.05, 3.63) is 0 Å². The fourth-order valence-corrected chi connectivity index (χ4v) is 1.34. The molecule has 0 unspecified atom stereocenters. The second-order valence-electron chi connectivity index (χ2n) is 4.08. The van der Waals surface area contributed by atoms with Gasteiger partial charge in [0.15, 0.2) is 0 Å². The summed E-state index contributed by atoms with van der Waals surface area (Å²) in [6, 6.07) is 0. The van der Waals surface area contributed by atoms with Crippen LogP contribution in [-0.2, 0) is 23.7 Å². The van der Waals surface area contributed by atoms with E-state index in [1.165, 1.54) is 0 Å². The van der Waals surface area contributed by atoms with Gasteiger partial charge in [-0.25, -0.2) is 4.79 Å². The molecule has 0 aliphatic carbocycles. The minimum absolute atomic E-state index is 0.214. The third kappa shape index (κ3) is 13.1. The highest BCUT2D eigenvalue weighted by atomic mass is 16.6. The molecule has 0 saturated heterocycles. The number of ether oxygens (including phenoxy) is 4. The first kappa shape index (κ1) is 18.7. The van der Waals surface area contributed by atoms with Gasteiger partial charge in [-0.2, -0.15) is 0 Å². The molecule has 0 spiro atoms. The molecule has 0 bridgehead atoms. The van der Waals surface area contributed by atoms with Gasteiger partial charge in [-0.3, -0.25) is 4.79 Å². The number of carbonyl (C=O) groups is 2. The summed E-state index contributed by atoms with van der Waals surface area (Å²) in [6.07, 6.45) is 2.33. The molecule has 7 nitrogen and oxygen atoms in total. The number of nitrogens with one attached hydrogen (secondary N) is 1. The highest BCUT2D eigenvalue weighted by molar-refractivity contribution is 5.69. The fraction of sp³-hybridized carbons (Fsp3) is 0.846. The maximum absolute atomic E-state index is 11.2. The number of carbonyl (C=O) groups excluding carboxylic acids is 2. The van der Waals surface area contributed by atoms with Gasteiger partial charge in [0.05, 0.1) is 13.2 Å². The summed E-state index contributed by atoms with van der Waals surface area (Å²) in [6.45, 7) is 1.88. The maximum Gasteiger partial charge on any atom is 0.407 e. The Labute approximate surface area is 119 Å². The molecule has 0 aliphatic rings. The Bertz CT molecular complexity index is 233. The third-order valence-corrected chi connectivity index (χ3v) is 2.40. The largest absolute Gasteiger partial charge is 0.463 e.